The number of para-hydroxylation sites is 1. The second kappa shape index (κ2) is 9.63. The highest BCUT2D eigenvalue weighted by Crippen LogP contribution is 2.29. The van der Waals surface area contributed by atoms with Gasteiger partial charge in [0.15, 0.2) is 0 Å². The zero-order valence-corrected chi connectivity index (χ0v) is 18.7. The summed E-state index contributed by atoms with van der Waals surface area (Å²) in [5, 5.41) is 0. The summed E-state index contributed by atoms with van der Waals surface area (Å²) < 4.78 is 21.6. The molecule has 0 spiro atoms. The first kappa shape index (κ1) is 21.5. The third kappa shape index (κ3) is 4.86. The van der Waals surface area contributed by atoms with E-state index in [9.17, 15) is 4.39 Å². The molecule has 1 aliphatic rings. The van der Waals surface area contributed by atoms with Gasteiger partial charge < -0.3 is 15.0 Å². The van der Waals surface area contributed by atoms with Crippen molar-refractivity contribution < 1.29 is 9.13 Å². The van der Waals surface area contributed by atoms with Crippen LogP contribution in [-0.4, -0.2) is 40.7 Å². The standard InChI is InChI=1S/C27H29FN4O/c28-22-11-9-21(10-12-22)27-30-25-6-4-5-24(29)26(25)32(27)19-20-7-13-23(14-8-20)33-18-17-31-15-2-1-3-16-31/h4-14H,1-3,15-19,29H2. The number of ether oxygens (including phenoxy) is 1. The fourth-order valence-electron chi connectivity index (χ4n) is 4.54. The molecule has 2 N–H and O–H groups in total. The van der Waals surface area contributed by atoms with Crippen LogP contribution < -0.4 is 10.5 Å². The number of nitrogens with zero attached hydrogens (tertiary/aromatic N) is 3. The number of fused-ring (bicyclic) bond motifs is 1. The van der Waals surface area contributed by atoms with Gasteiger partial charge in [0.25, 0.3) is 0 Å². The van der Waals surface area contributed by atoms with E-state index in [-0.39, 0.29) is 5.82 Å². The van der Waals surface area contributed by atoms with Gasteiger partial charge in [0.05, 0.1) is 16.7 Å². The van der Waals surface area contributed by atoms with Gasteiger partial charge in [-0.25, -0.2) is 9.37 Å². The molecule has 2 heterocycles. The number of likely N-dealkylation sites (tertiary alicyclic amines) is 1. The fraction of sp³-hybridized carbons (Fsp3) is 0.296. The van der Waals surface area contributed by atoms with E-state index in [1.54, 1.807) is 12.1 Å². The number of imidazole rings is 1. The second-order valence-electron chi connectivity index (χ2n) is 8.64. The Labute approximate surface area is 193 Å². The molecule has 6 heteroatoms. The molecule has 1 fully saturated rings. The van der Waals surface area contributed by atoms with Crippen LogP contribution in [0.25, 0.3) is 22.4 Å². The van der Waals surface area contributed by atoms with Crippen molar-refractivity contribution in [2.45, 2.75) is 25.8 Å². The zero-order valence-electron chi connectivity index (χ0n) is 18.7. The second-order valence-corrected chi connectivity index (χ2v) is 8.64. The van der Waals surface area contributed by atoms with Crippen molar-refractivity contribution >= 4 is 16.7 Å². The average Bonchev–Trinajstić information content (AvgIpc) is 3.21. The summed E-state index contributed by atoms with van der Waals surface area (Å²) in [6.45, 7) is 4.65. The maximum Gasteiger partial charge on any atom is 0.141 e. The Morgan fingerprint density at radius 2 is 1.67 bits per heavy atom. The Kier molecular flexibility index (Phi) is 6.26. The Morgan fingerprint density at radius 1 is 0.909 bits per heavy atom. The van der Waals surface area contributed by atoms with Crippen LogP contribution in [0.5, 0.6) is 5.75 Å². The molecule has 0 saturated carbocycles. The summed E-state index contributed by atoms with van der Waals surface area (Å²) in [5.41, 5.74) is 10.7. The Hall–Kier alpha value is -3.38. The molecule has 5 nitrogen and oxygen atoms in total. The van der Waals surface area contributed by atoms with E-state index in [0.29, 0.717) is 18.8 Å². The molecule has 170 valence electrons. The van der Waals surface area contributed by atoms with Crippen molar-refractivity contribution in [1.29, 1.82) is 0 Å². The molecule has 0 aliphatic carbocycles. The number of anilines is 1. The number of halogens is 1. The topological polar surface area (TPSA) is 56.3 Å². The SMILES string of the molecule is Nc1cccc2nc(-c3ccc(F)cc3)n(Cc3ccc(OCCN4CCCCC4)cc3)c12. The first-order chi connectivity index (χ1) is 16.2. The Bertz CT molecular complexity index is 1210. The van der Waals surface area contributed by atoms with Crippen molar-refractivity contribution in [2.75, 3.05) is 32.0 Å². The highest BCUT2D eigenvalue weighted by atomic mass is 19.1. The quantitative estimate of drug-likeness (QED) is 0.391. The largest absolute Gasteiger partial charge is 0.492 e. The Morgan fingerprint density at radius 3 is 2.42 bits per heavy atom. The number of rotatable bonds is 7. The Balaban J connectivity index is 1.35. The van der Waals surface area contributed by atoms with Gasteiger partial charge in [-0.15, -0.1) is 0 Å². The maximum atomic E-state index is 13.5. The number of hydrogen-bond acceptors (Lipinski definition) is 4. The molecule has 0 radical (unpaired) electrons. The predicted octanol–water partition coefficient (Wildman–Crippen LogP) is 5.34. The van der Waals surface area contributed by atoms with E-state index < -0.39 is 0 Å². The summed E-state index contributed by atoms with van der Waals surface area (Å²) in [5.74, 6) is 1.38. The summed E-state index contributed by atoms with van der Waals surface area (Å²) in [6.07, 6.45) is 3.93. The van der Waals surface area contributed by atoms with Crippen LogP contribution in [0.15, 0.2) is 66.7 Å². The van der Waals surface area contributed by atoms with Crippen molar-refractivity contribution in [3.8, 4) is 17.1 Å². The van der Waals surface area contributed by atoms with Crippen molar-refractivity contribution in [1.82, 2.24) is 14.5 Å². The number of nitrogen functional groups attached to an aromatic ring is 1. The van der Waals surface area contributed by atoms with E-state index in [0.717, 1.165) is 40.3 Å². The van der Waals surface area contributed by atoms with Crippen molar-refractivity contribution in [3.63, 3.8) is 0 Å². The molecule has 0 bridgehead atoms. The highest BCUT2D eigenvalue weighted by molar-refractivity contribution is 5.90. The smallest absolute Gasteiger partial charge is 0.141 e. The third-order valence-electron chi connectivity index (χ3n) is 6.29. The zero-order chi connectivity index (χ0) is 22.6. The number of nitrogens with two attached hydrogens (primary N) is 1. The first-order valence-corrected chi connectivity index (χ1v) is 11.6. The van der Waals surface area contributed by atoms with Gasteiger partial charge in [0.1, 0.15) is 24.0 Å². The average molecular weight is 445 g/mol. The van der Waals surface area contributed by atoms with Gasteiger partial charge in [-0.05, 0) is 80.0 Å². The number of piperidine rings is 1. The van der Waals surface area contributed by atoms with Gasteiger partial charge in [-0.3, -0.25) is 4.90 Å². The lowest BCUT2D eigenvalue weighted by molar-refractivity contribution is 0.183. The maximum absolute atomic E-state index is 13.5. The molecule has 1 aliphatic heterocycles. The summed E-state index contributed by atoms with van der Waals surface area (Å²) in [4.78, 5) is 7.28. The van der Waals surface area contributed by atoms with Crippen LogP contribution >= 0.6 is 0 Å². The van der Waals surface area contributed by atoms with Gasteiger partial charge in [0, 0.05) is 18.7 Å². The summed E-state index contributed by atoms with van der Waals surface area (Å²) in [6, 6.07) is 20.4. The van der Waals surface area contributed by atoms with Gasteiger partial charge in [-0.2, -0.15) is 0 Å². The molecule has 3 aromatic carbocycles. The lowest BCUT2D eigenvalue weighted by Crippen LogP contribution is -2.33. The molecule has 33 heavy (non-hydrogen) atoms. The van der Waals surface area contributed by atoms with Crippen LogP contribution in [0.2, 0.25) is 0 Å². The predicted molar refractivity (Wildman–Crippen MR) is 131 cm³/mol. The van der Waals surface area contributed by atoms with Crippen LogP contribution in [0.3, 0.4) is 0 Å². The minimum atomic E-state index is -0.267. The minimum absolute atomic E-state index is 0.267. The van der Waals surface area contributed by atoms with E-state index in [1.807, 2.05) is 30.3 Å². The van der Waals surface area contributed by atoms with E-state index in [4.69, 9.17) is 15.5 Å². The molecule has 1 saturated heterocycles. The number of aromatic nitrogens is 2. The molecule has 4 aromatic rings. The number of hydrogen-bond donors (Lipinski definition) is 1. The van der Waals surface area contributed by atoms with Crippen LogP contribution in [0.1, 0.15) is 24.8 Å². The third-order valence-corrected chi connectivity index (χ3v) is 6.29. The lowest BCUT2D eigenvalue weighted by Gasteiger charge is -2.26. The van der Waals surface area contributed by atoms with Crippen LogP contribution in [0.4, 0.5) is 10.1 Å². The van der Waals surface area contributed by atoms with Gasteiger partial charge >= 0.3 is 0 Å². The van der Waals surface area contributed by atoms with Crippen molar-refractivity contribution in [3.05, 3.63) is 78.1 Å². The van der Waals surface area contributed by atoms with Crippen molar-refractivity contribution in [2.24, 2.45) is 0 Å². The lowest BCUT2D eigenvalue weighted by atomic mass is 10.1. The van der Waals surface area contributed by atoms with Gasteiger partial charge in [0.2, 0.25) is 0 Å². The van der Waals surface area contributed by atoms with Gasteiger partial charge in [-0.1, -0.05) is 24.6 Å². The molecule has 0 unspecified atom stereocenters. The van der Waals surface area contributed by atoms with Crippen LogP contribution in [-0.2, 0) is 6.54 Å². The number of benzene rings is 3. The van der Waals surface area contributed by atoms with E-state index in [1.165, 1.54) is 44.5 Å². The monoisotopic (exact) mass is 444 g/mol. The molecule has 1 aromatic heterocycles. The minimum Gasteiger partial charge on any atom is -0.492 e. The normalized spacial score (nSPS) is 14.6. The highest BCUT2D eigenvalue weighted by Gasteiger charge is 2.15. The molecule has 5 rings (SSSR count). The molecular weight excluding hydrogens is 415 g/mol. The molecular formula is C27H29FN4O. The molecule has 0 atom stereocenters. The summed E-state index contributed by atoms with van der Waals surface area (Å²) >= 11 is 0. The molecule has 0 amide bonds. The fourth-order valence-corrected chi connectivity index (χ4v) is 4.54. The van der Waals surface area contributed by atoms with E-state index in [2.05, 4.69) is 21.6 Å². The van der Waals surface area contributed by atoms with E-state index >= 15 is 0 Å². The van der Waals surface area contributed by atoms with Crippen LogP contribution in [0, 0.1) is 5.82 Å². The summed E-state index contributed by atoms with van der Waals surface area (Å²) in [7, 11) is 0. The first-order valence-electron chi connectivity index (χ1n) is 11.6.